The Morgan fingerprint density at radius 1 is 1.32 bits per heavy atom. The first kappa shape index (κ1) is 23.2. The Morgan fingerprint density at radius 3 is 2.79 bits per heavy atom. The van der Waals surface area contributed by atoms with E-state index in [-0.39, 0.29) is 24.0 Å². The fraction of sp³-hybridized carbons (Fsp3) is 0.714. The summed E-state index contributed by atoms with van der Waals surface area (Å²) < 4.78 is 5.47. The number of rotatable bonds is 7. The van der Waals surface area contributed by atoms with Crippen molar-refractivity contribution in [3.8, 4) is 0 Å². The van der Waals surface area contributed by atoms with Gasteiger partial charge in [-0.1, -0.05) is 0 Å². The molecule has 2 fully saturated rings. The molecule has 0 radical (unpaired) electrons. The number of guanidine groups is 1. The third-order valence-corrected chi connectivity index (χ3v) is 5.56. The minimum Gasteiger partial charge on any atom is -0.381 e. The zero-order valence-electron chi connectivity index (χ0n) is 17.4. The Hall–Kier alpha value is -1.09. The predicted octanol–water partition coefficient (Wildman–Crippen LogP) is 3.51. The van der Waals surface area contributed by atoms with E-state index in [4.69, 9.17) is 9.73 Å². The summed E-state index contributed by atoms with van der Waals surface area (Å²) in [6.45, 7) is 8.82. The first-order chi connectivity index (χ1) is 13.3. The fourth-order valence-electron chi connectivity index (χ4n) is 3.83. The lowest BCUT2D eigenvalue weighted by atomic mass is 9.96. The SMILES string of the molecule is CCNC(=NCc1ccnc(N2CCCC2)c1)N(C)CCC1CCOCC1.I. The van der Waals surface area contributed by atoms with E-state index in [0.29, 0.717) is 6.54 Å². The number of nitrogens with zero attached hydrogens (tertiary/aromatic N) is 4. The lowest BCUT2D eigenvalue weighted by Crippen LogP contribution is -2.40. The van der Waals surface area contributed by atoms with Crippen LogP contribution in [0.3, 0.4) is 0 Å². The van der Waals surface area contributed by atoms with Gasteiger partial charge in [-0.3, -0.25) is 0 Å². The third-order valence-electron chi connectivity index (χ3n) is 5.56. The van der Waals surface area contributed by atoms with E-state index in [9.17, 15) is 0 Å². The highest BCUT2D eigenvalue weighted by Crippen LogP contribution is 2.20. The van der Waals surface area contributed by atoms with Crippen LogP contribution < -0.4 is 10.2 Å². The van der Waals surface area contributed by atoms with Gasteiger partial charge in [0.2, 0.25) is 0 Å². The quantitative estimate of drug-likeness (QED) is 0.352. The van der Waals surface area contributed by atoms with Crippen molar-refractivity contribution < 1.29 is 4.74 Å². The van der Waals surface area contributed by atoms with Crippen molar-refractivity contribution in [2.45, 2.75) is 45.6 Å². The minimum absolute atomic E-state index is 0. The average molecular weight is 501 g/mol. The second-order valence-electron chi connectivity index (χ2n) is 7.65. The standard InChI is InChI=1S/C21H35N5O.HI/c1-3-22-21(25(2)13-7-18-8-14-27-15-9-18)24-17-19-6-10-23-20(16-19)26-11-4-5-12-26;/h6,10,16,18H,3-5,7-9,11-15,17H2,1-2H3,(H,22,24);1H. The van der Waals surface area contributed by atoms with Gasteiger partial charge in [-0.15, -0.1) is 24.0 Å². The van der Waals surface area contributed by atoms with Crippen molar-refractivity contribution in [3.63, 3.8) is 0 Å². The highest BCUT2D eigenvalue weighted by Gasteiger charge is 2.16. The van der Waals surface area contributed by atoms with Gasteiger partial charge in [-0.25, -0.2) is 9.98 Å². The molecular weight excluding hydrogens is 465 g/mol. The molecule has 1 aromatic heterocycles. The summed E-state index contributed by atoms with van der Waals surface area (Å²) in [6.07, 6.45) is 8.05. The molecule has 1 N–H and O–H groups in total. The summed E-state index contributed by atoms with van der Waals surface area (Å²) in [5, 5.41) is 3.44. The molecule has 3 heterocycles. The molecular formula is C21H36IN5O. The summed E-state index contributed by atoms with van der Waals surface area (Å²) in [5.74, 6) is 2.87. The van der Waals surface area contributed by atoms with Crippen LogP contribution in [0, 0.1) is 5.92 Å². The van der Waals surface area contributed by atoms with Crippen molar-refractivity contribution >= 4 is 35.8 Å². The second kappa shape index (κ2) is 12.5. The molecule has 158 valence electrons. The molecule has 0 spiro atoms. The van der Waals surface area contributed by atoms with Crippen molar-refractivity contribution in [2.24, 2.45) is 10.9 Å². The van der Waals surface area contributed by atoms with Gasteiger partial charge in [-0.2, -0.15) is 0 Å². The summed E-state index contributed by atoms with van der Waals surface area (Å²) in [4.78, 5) is 14.1. The number of aliphatic imine (C=N–C) groups is 1. The number of nitrogens with one attached hydrogen (secondary N) is 1. The number of hydrogen-bond donors (Lipinski definition) is 1. The van der Waals surface area contributed by atoms with E-state index in [1.165, 1.54) is 37.7 Å². The van der Waals surface area contributed by atoms with Crippen LogP contribution in [0.5, 0.6) is 0 Å². The van der Waals surface area contributed by atoms with E-state index >= 15 is 0 Å². The molecule has 2 saturated heterocycles. The van der Waals surface area contributed by atoms with E-state index in [2.05, 4.69) is 46.2 Å². The van der Waals surface area contributed by atoms with Gasteiger partial charge in [0.15, 0.2) is 5.96 Å². The molecule has 28 heavy (non-hydrogen) atoms. The van der Waals surface area contributed by atoms with Gasteiger partial charge in [0.1, 0.15) is 5.82 Å². The Kier molecular flexibility index (Phi) is 10.3. The monoisotopic (exact) mass is 501 g/mol. The van der Waals surface area contributed by atoms with Gasteiger partial charge >= 0.3 is 0 Å². The van der Waals surface area contributed by atoms with Crippen LogP contribution in [0.1, 0.15) is 44.6 Å². The van der Waals surface area contributed by atoms with Gasteiger partial charge in [0, 0.05) is 52.6 Å². The fourth-order valence-corrected chi connectivity index (χ4v) is 3.83. The Bertz CT molecular complexity index is 600. The molecule has 3 rings (SSSR count). The van der Waals surface area contributed by atoms with E-state index in [1.807, 2.05) is 6.20 Å². The van der Waals surface area contributed by atoms with Gasteiger partial charge in [-0.05, 0) is 62.6 Å². The van der Waals surface area contributed by atoms with Crippen LogP contribution in [0.15, 0.2) is 23.3 Å². The zero-order valence-corrected chi connectivity index (χ0v) is 19.7. The maximum absolute atomic E-state index is 5.47. The lowest BCUT2D eigenvalue weighted by molar-refractivity contribution is 0.0625. The summed E-state index contributed by atoms with van der Waals surface area (Å²) in [6, 6.07) is 4.27. The van der Waals surface area contributed by atoms with Crippen LogP contribution in [0.4, 0.5) is 5.82 Å². The number of aromatic nitrogens is 1. The summed E-state index contributed by atoms with van der Waals surface area (Å²) in [5.41, 5.74) is 1.22. The summed E-state index contributed by atoms with van der Waals surface area (Å²) >= 11 is 0. The number of hydrogen-bond acceptors (Lipinski definition) is 4. The van der Waals surface area contributed by atoms with Crippen molar-refractivity contribution in [2.75, 3.05) is 51.3 Å². The molecule has 0 amide bonds. The van der Waals surface area contributed by atoms with E-state index in [0.717, 1.165) is 57.1 Å². The first-order valence-electron chi connectivity index (χ1n) is 10.5. The molecule has 6 nitrogen and oxygen atoms in total. The van der Waals surface area contributed by atoms with Crippen molar-refractivity contribution in [3.05, 3.63) is 23.9 Å². The van der Waals surface area contributed by atoms with Crippen LogP contribution in [0.2, 0.25) is 0 Å². The maximum Gasteiger partial charge on any atom is 0.193 e. The van der Waals surface area contributed by atoms with Crippen molar-refractivity contribution in [1.82, 2.24) is 15.2 Å². The maximum atomic E-state index is 5.47. The van der Waals surface area contributed by atoms with E-state index in [1.54, 1.807) is 0 Å². The van der Waals surface area contributed by atoms with Crippen LogP contribution in [-0.4, -0.2) is 62.3 Å². The molecule has 0 saturated carbocycles. The second-order valence-corrected chi connectivity index (χ2v) is 7.65. The number of pyridine rings is 1. The Morgan fingerprint density at radius 2 is 2.07 bits per heavy atom. The Balaban J connectivity index is 0.00000280. The van der Waals surface area contributed by atoms with Crippen LogP contribution >= 0.6 is 24.0 Å². The highest BCUT2D eigenvalue weighted by atomic mass is 127. The van der Waals surface area contributed by atoms with Crippen LogP contribution in [-0.2, 0) is 11.3 Å². The molecule has 7 heteroatoms. The minimum atomic E-state index is 0. The Labute approximate surface area is 187 Å². The molecule has 2 aliphatic heterocycles. The predicted molar refractivity (Wildman–Crippen MR) is 127 cm³/mol. The third kappa shape index (κ3) is 7.06. The number of anilines is 1. The molecule has 0 bridgehead atoms. The van der Waals surface area contributed by atoms with E-state index < -0.39 is 0 Å². The number of ether oxygens (including phenoxy) is 1. The van der Waals surface area contributed by atoms with Crippen molar-refractivity contribution in [1.29, 1.82) is 0 Å². The first-order valence-corrected chi connectivity index (χ1v) is 10.5. The lowest BCUT2D eigenvalue weighted by Gasteiger charge is -2.27. The molecule has 0 aromatic carbocycles. The summed E-state index contributed by atoms with van der Waals surface area (Å²) in [7, 11) is 2.14. The molecule has 2 aliphatic rings. The zero-order chi connectivity index (χ0) is 18.9. The smallest absolute Gasteiger partial charge is 0.193 e. The molecule has 0 unspecified atom stereocenters. The molecule has 0 aliphatic carbocycles. The highest BCUT2D eigenvalue weighted by molar-refractivity contribution is 14.0. The topological polar surface area (TPSA) is 53.0 Å². The van der Waals surface area contributed by atoms with Gasteiger partial charge < -0.3 is 19.9 Å². The molecule has 0 atom stereocenters. The van der Waals surface area contributed by atoms with Gasteiger partial charge in [0.25, 0.3) is 0 Å². The average Bonchev–Trinajstić information content (AvgIpc) is 3.25. The largest absolute Gasteiger partial charge is 0.381 e. The number of halogens is 1. The van der Waals surface area contributed by atoms with Gasteiger partial charge in [0.05, 0.1) is 6.54 Å². The normalized spacial score (nSPS) is 18.1. The van der Waals surface area contributed by atoms with Crippen LogP contribution in [0.25, 0.3) is 0 Å². The molecule has 1 aromatic rings.